The molecule has 0 spiro atoms. The topological polar surface area (TPSA) is 88.6 Å². The van der Waals surface area contributed by atoms with E-state index in [1.54, 1.807) is 13.2 Å². The van der Waals surface area contributed by atoms with Gasteiger partial charge in [0.25, 0.3) is 0 Å². The number of nitrogens with zero attached hydrogens (tertiary/aromatic N) is 5. The van der Waals surface area contributed by atoms with E-state index in [1.807, 2.05) is 61.3 Å². The van der Waals surface area contributed by atoms with Gasteiger partial charge in [-0.3, -0.25) is 13.9 Å². The molecule has 8 heteroatoms. The first-order chi connectivity index (χ1) is 17.0. The summed E-state index contributed by atoms with van der Waals surface area (Å²) < 4.78 is 4.05. The van der Waals surface area contributed by atoms with Gasteiger partial charge in [0.2, 0.25) is 5.91 Å². The highest BCUT2D eigenvalue weighted by atomic mass is 16.2. The predicted octanol–water partition coefficient (Wildman–Crippen LogP) is 3.76. The minimum Gasteiger partial charge on any atom is -0.310 e. The number of pyridine rings is 1. The molecule has 1 aliphatic heterocycles. The molecular weight excluding hydrogens is 438 g/mol. The normalized spacial score (nSPS) is 18.9. The number of carbonyl (C=O) groups is 1. The maximum Gasteiger partial charge on any atom is 0.242 e. The molecule has 2 atom stereocenters. The molecule has 0 radical (unpaired) electrons. The number of aromatic nitrogens is 4. The van der Waals surface area contributed by atoms with Crippen LogP contribution in [0.3, 0.4) is 0 Å². The number of hydrogen-bond donors (Lipinski definition) is 2. The monoisotopic (exact) mass is 467 g/mol. The van der Waals surface area contributed by atoms with E-state index in [9.17, 15) is 4.79 Å². The average molecular weight is 468 g/mol. The summed E-state index contributed by atoms with van der Waals surface area (Å²) in [6.07, 6.45) is 17.8. The van der Waals surface area contributed by atoms with E-state index in [4.69, 9.17) is 9.98 Å². The van der Waals surface area contributed by atoms with Gasteiger partial charge < -0.3 is 10.6 Å². The third-order valence-corrected chi connectivity index (χ3v) is 6.37. The summed E-state index contributed by atoms with van der Waals surface area (Å²) in [7, 11) is 1.77. The Kier molecular flexibility index (Phi) is 6.29. The van der Waals surface area contributed by atoms with E-state index in [2.05, 4.69) is 44.4 Å². The number of aryl methyl sites for hydroxylation is 1. The van der Waals surface area contributed by atoms with Gasteiger partial charge in [0, 0.05) is 24.2 Å². The molecule has 2 unspecified atom stereocenters. The highest BCUT2D eigenvalue weighted by Crippen LogP contribution is 2.31. The van der Waals surface area contributed by atoms with Crippen LogP contribution >= 0.6 is 0 Å². The van der Waals surface area contributed by atoms with Gasteiger partial charge in [-0.2, -0.15) is 5.10 Å². The average Bonchev–Trinajstić information content (AvgIpc) is 3.47. The number of likely N-dealkylation sites (N-methyl/N-ethyl adjacent to an activating group) is 1. The van der Waals surface area contributed by atoms with Crippen LogP contribution in [0.25, 0.3) is 11.2 Å². The third kappa shape index (κ3) is 4.52. The molecule has 0 saturated heterocycles. The fourth-order valence-corrected chi connectivity index (χ4v) is 4.38. The fraction of sp³-hybridized carbons (Fsp3) is 0.259. The standard InChI is InChI=1S/C27H29N7O/c1-18-26(33-16-5-4-10-24(33)30-18)22-8-6-9-23(32-27(35)19(2)28-3)31-25(22)20-11-13-21(14-12-20)34-17-7-15-29-34/h4-5,7-13,15-17,19,21,28H,6,14H2,1-3H3,(H,32,35). The van der Waals surface area contributed by atoms with Gasteiger partial charge in [0.05, 0.1) is 29.2 Å². The van der Waals surface area contributed by atoms with E-state index in [0.717, 1.165) is 40.3 Å². The quantitative estimate of drug-likeness (QED) is 0.578. The molecule has 3 aromatic heterocycles. The van der Waals surface area contributed by atoms with Crippen molar-refractivity contribution in [2.75, 3.05) is 7.05 Å². The molecule has 8 nitrogen and oxygen atoms in total. The molecule has 0 saturated carbocycles. The van der Waals surface area contributed by atoms with Crippen LogP contribution in [0, 0.1) is 6.92 Å². The van der Waals surface area contributed by atoms with Crippen LogP contribution in [0.5, 0.6) is 0 Å². The van der Waals surface area contributed by atoms with Crippen LogP contribution in [-0.2, 0) is 4.79 Å². The van der Waals surface area contributed by atoms with Crippen molar-refractivity contribution in [1.82, 2.24) is 29.8 Å². The second-order valence-electron chi connectivity index (χ2n) is 8.69. The fourth-order valence-electron chi connectivity index (χ4n) is 4.38. The highest BCUT2D eigenvalue weighted by Gasteiger charge is 2.24. The Labute approximate surface area is 204 Å². The summed E-state index contributed by atoms with van der Waals surface area (Å²) in [5, 5.41) is 10.3. The Balaban J connectivity index is 1.56. The molecule has 1 amide bonds. The van der Waals surface area contributed by atoms with E-state index in [-0.39, 0.29) is 18.0 Å². The first kappa shape index (κ1) is 22.7. The van der Waals surface area contributed by atoms with Crippen molar-refractivity contribution in [2.24, 2.45) is 4.99 Å². The number of carbonyl (C=O) groups excluding carboxylic acids is 1. The van der Waals surface area contributed by atoms with E-state index >= 15 is 0 Å². The molecule has 5 rings (SSSR count). The van der Waals surface area contributed by atoms with Crippen LogP contribution in [0.1, 0.15) is 37.2 Å². The third-order valence-electron chi connectivity index (χ3n) is 6.37. The predicted molar refractivity (Wildman–Crippen MR) is 138 cm³/mol. The first-order valence-electron chi connectivity index (χ1n) is 11.8. The largest absolute Gasteiger partial charge is 0.310 e. The van der Waals surface area contributed by atoms with Crippen molar-refractivity contribution >= 4 is 22.8 Å². The van der Waals surface area contributed by atoms with Crippen LogP contribution < -0.4 is 10.6 Å². The van der Waals surface area contributed by atoms with E-state index in [0.29, 0.717) is 12.2 Å². The summed E-state index contributed by atoms with van der Waals surface area (Å²) in [6, 6.07) is 7.77. The number of aliphatic imine (C=N–C) groups is 1. The summed E-state index contributed by atoms with van der Waals surface area (Å²) in [5.74, 6) is 0.427. The van der Waals surface area contributed by atoms with Crippen LogP contribution in [0.4, 0.5) is 0 Å². The van der Waals surface area contributed by atoms with Gasteiger partial charge in [0.15, 0.2) is 0 Å². The number of fused-ring (bicyclic) bond motifs is 1. The van der Waals surface area contributed by atoms with Crippen molar-refractivity contribution in [1.29, 1.82) is 0 Å². The Morgan fingerprint density at radius 2 is 2.06 bits per heavy atom. The number of nitrogens with one attached hydrogen (secondary N) is 2. The van der Waals surface area contributed by atoms with Crippen LogP contribution in [-0.4, -0.2) is 43.9 Å². The minimum absolute atomic E-state index is 0.122. The van der Waals surface area contributed by atoms with Crippen LogP contribution in [0.15, 0.2) is 89.6 Å². The Bertz CT molecular complexity index is 1400. The summed E-state index contributed by atoms with van der Waals surface area (Å²) in [4.78, 5) is 22.4. The van der Waals surface area contributed by atoms with Crippen molar-refractivity contribution in [2.45, 2.75) is 38.8 Å². The molecule has 35 heavy (non-hydrogen) atoms. The van der Waals surface area contributed by atoms with Crippen molar-refractivity contribution < 1.29 is 4.79 Å². The Morgan fingerprint density at radius 3 is 2.80 bits per heavy atom. The van der Waals surface area contributed by atoms with Gasteiger partial charge in [0.1, 0.15) is 11.5 Å². The maximum atomic E-state index is 12.6. The lowest BCUT2D eigenvalue weighted by atomic mass is 9.93. The number of allylic oxidation sites excluding steroid dienone is 7. The SMILES string of the molecule is CNC(C)C(=O)NC1=CCC=C(c2c(C)nc3ccccn23)C(C2=CCC(n3cccn3)C=C2)=N1. The van der Waals surface area contributed by atoms with E-state index in [1.165, 1.54) is 0 Å². The lowest BCUT2D eigenvalue weighted by Gasteiger charge is -2.20. The van der Waals surface area contributed by atoms with Crippen LogP contribution in [0.2, 0.25) is 0 Å². The molecule has 2 aliphatic rings. The molecule has 0 bridgehead atoms. The lowest BCUT2D eigenvalue weighted by molar-refractivity contribution is -0.121. The molecule has 0 fully saturated rings. The van der Waals surface area contributed by atoms with Crippen molar-refractivity contribution in [3.63, 3.8) is 0 Å². The zero-order valence-electron chi connectivity index (χ0n) is 20.1. The Hall–Kier alpha value is -4.04. The van der Waals surface area contributed by atoms with Crippen molar-refractivity contribution in [3.8, 4) is 0 Å². The molecule has 3 aromatic rings. The van der Waals surface area contributed by atoms with Gasteiger partial charge in [-0.15, -0.1) is 0 Å². The molecule has 0 aromatic carbocycles. The van der Waals surface area contributed by atoms with Crippen molar-refractivity contribution in [3.05, 3.63) is 96.0 Å². The van der Waals surface area contributed by atoms with Gasteiger partial charge in [-0.05, 0) is 63.6 Å². The zero-order chi connectivity index (χ0) is 24.4. The summed E-state index contributed by atoms with van der Waals surface area (Å²) >= 11 is 0. The molecule has 1 aliphatic carbocycles. The van der Waals surface area contributed by atoms with Gasteiger partial charge in [-0.25, -0.2) is 9.98 Å². The lowest BCUT2D eigenvalue weighted by Crippen LogP contribution is -2.39. The second-order valence-corrected chi connectivity index (χ2v) is 8.69. The molecule has 178 valence electrons. The minimum atomic E-state index is -0.324. The van der Waals surface area contributed by atoms with E-state index < -0.39 is 0 Å². The molecular formula is C27H29N7O. The maximum absolute atomic E-state index is 12.6. The second kappa shape index (κ2) is 9.68. The molecule has 4 heterocycles. The summed E-state index contributed by atoms with van der Waals surface area (Å²) in [5.41, 5.74) is 5.65. The highest BCUT2D eigenvalue weighted by molar-refractivity contribution is 6.33. The number of amides is 1. The number of hydrogen-bond acceptors (Lipinski definition) is 5. The number of imidazole rings is 1. The molecule has 2 N–H and O–H groups in total. The summed E-state index contributed by atoms with van der Waals surface area (Å²) in [6.45, 7) is 3.85. The van der Waals surface area contributed by atoms with Gasteiger partial charge >= 0.3 is 0 Å². The zero-order valence-corrected chi connectivity index (χ0v) is 20.1. The van der Waals surface area contributed by atoms with Gasteiger partial charge in [-0.1, -0.05) is 30.4 Å². The smallest absolute Gasteiger partial charge is 0.242 e. The number of rotatable bonds is 6. The first-order valence-corrected chi connectivity index (χ1v) is 11.8. The Morgan fingerprint density at radius 1 is 1.17 bits per heavy atom.